The summed E-state index contributed by atoms with van der Waals surface area (Å²) in [6.07, 6.45) is 1.14. The normalized spacial score (nSPS) is 17.3. The number of nitrogens with one attached hydrogen (secondary N) is 1. The van der Waals surface area contributed by atoms with E-state index in [1.807, 2.05) is 24.3 Å². The van der Waals surface area contributed by atoms with E-state index in [0.717, 1.165) is 47.8 Å². The van der Waals surface area contributed by atoms with Gasteiger partial charge in [-0.15, -0.1) is 0 Å². The Morgan fingerprint density at radius 3 is 2.67 bits per heavy atom. The third-order valence-electron chi connectivity index (χ3n) is 4.41. The van der Waals surface area contributed by atoms with E-state index in [1.54, 1.807) is 7.11 Å². The minimum atomic E-state index is 0.148. The number of ether oxygens (including phenoxy) is 1. The fraction of sp³-hybridized carbons (Fsp3) is 0.368. The highest BCUT2D eigenvalue weighted by Gasteiger charge is 2.26. The van der Waals surface area contributed by atoms with Gasteiger partial charge in [-0.1, -0.05) is 39.7 Å². The molecule has 0 bridgehead atoms. The van der Waals surface area contributed by atoms with Gasteiger partial charge < -0.3 is 10.1 Å². The molecule has 24 heavy (non-hydrogen) atoms. The first-order valence-electron chi connectivity index (χ1n) is 8.22. The Morgan fingerprint density at radius 1 is 1.12 bits per heavy atom. The third-order valence-corrected chi connectivity index (χ3v) is 5.16. The van der Waals surface area contributed by atoms with Crippen molar-refractivity contribution in [2.24, 2.45) is 0 Å². The molecule has 1 N–H and O–H groups in total. The summed E-state index contributed by atoms with van der Waals surface area (Å²) in [6, 6.07) is 14.5. The Labute approximate surface area is 157 Å². The van der Waals surface area contributed by atoms with Crippen molar-refractivity contribution in [2.45, 2.75) is 12.5 Å². The molecule has 2 aromatic carbocycles. The van der Waals surface area contributed by atoms with E-state index in [4.69, 9.17) is 16.3 Å². The van der Waals surface area contributed by atoms with Crippen LogP contribution in [-0.4, -0.2) is 38.2 Å². The number of halogens is 2. The number of rotatable bonds is 4. The second-order valence-electron chi connectivity index (χ2n) is 5.98. The maximum Gasteiger partial charge on any atom is 0.124 e. The zero-order valence-electron chi connectivity index (χ0n) is 13.8. The van der Waals surface area contributed by atoms with Gasteiger partial charge in [-0.3, -0.25) is 4.90 Å². The van der Waals surface area contributed by atoms with Crippen molar-refractivity contribution in [1.29, 1.82) is 0 Å². The maximum atomic E-state index is 6.10. The first-order valence-corrected chi connectivity index (χ1v) is 9.40. The average molecular weight is 410 g/mol. The van der Waals surface area contributed by atoms with Crippen molar-refractivity contribution >= 4 is 27.5 Å². The maximum absolute atomic E-state index is 6.10. The van der Waals surface area contributed by atoms with Crippen molar-refractivity contribution in [2.75, 3.05) is 33.3 Å². The fourth-order valence-corrected chi connectivity index (χ4v) is 3.78. The number of methoxy groups -OCH3 is 1. The summed E-state index contributed by atoms with van der Waals surface area (Å²) in [4.78, 5) is 2.52. The SMILES string of the molecule is COc1ccc(Br)cc1C(c1ccc(Cl)cc1)N1CCCNCC1. The van der Waals surface area contributed by atoms with Gasteiger partial charge in [0, 0.05) is 34.7 Å². The van der Waals surface area contributed by atoms with E-state index in [0.29, 0.717) is 0 Å². The topological polar surface area (TPSA) is 24.5 Å². The standard InChI is InChI=1S/C19H22BrClN2O/c1-24-18-8-5-15(20)13-17(18)19(14-3-6-16(21)7-4-14)23-11-2-9-22-10-12-23/h3-8,13,19,22H,2,9-12H2,1H3. The fourth-order valence-electron chi connectivity index (χ4n) is 3.28. The summed E-state index contributed by atoms with van der Waals surface area (Å²) in [5.74, 6) is 0.912. The van der Waals surface area contributed by atoms with E-state index < -0.39 is 0 Å². The zero-order chi connectivity index (χ0) is 16.9. The number of nitrogens with zero attached hydrogens (tertiary/aromatic N) is 1. The summed E-state index contributed by atoms with van der Waals surface area (Å²) in [7, 11) is 1.73. The van der Waals surface area contributed by atoms with E-state index in [2.05, 4.69) is 44.3 Å². The summed E-state index contributed by atoms with van der Waals surface area (Å²) in [5, 5.41) is 4.24. The lowest BCUT2D eigenvalue weighted by molar-refractivity contribution is 0.236. The quantitative estimate of drug-likeness (QED) is 0.805. The van der Waals surface area contributed by atoms with E-state index in [-0.39, 0.29) is 6.04 Å². The molecule has 0 saturated carbocycles. The van der Waals surface area contributed by atoms with Gasteiger partial charge in [0.1, 0.15) is 5.75 Å². The van der Waals surface area contributed by atoms with Crippen LogP contribution in [0.1, 0.15) is 23.6 Å². The van der Waals surface area contributed by atoms with Crippen LogP contribution in [0.4, 0.5) is 0 Å². The summed E-state index contributed by atoms with van der Waals surface area (Å²) in [5.41, 5.74) is 2.41. The smallest absolute Gasteiger partial charge is 0.124 e. The molecular formula is C19H22BrClN2O. The van der Waals surface area contributed by atoms with Gasteiger partial charge in [0.05, 0.1) is 13.2 Å². The number of benzene rings is 2. The molecule has 1 saturated heterocycles. The van der Waals surface area contributed by atoms with Crippen molar-refractivity contribution in [1.82, 2.24) is 10.2 Å². The molecule has 0 aromatic heterocycles. The molecule has 1 aliphatic heterocycles. The lowest BCUT2D eigenvalue weighted by Crippen LogP contribution is -2.33. The van der Waals surface area contributed by atoms with Gasteiger partial charge in [0.15, 0.2) is 0 Å². The Morgan fingerprint density at radius 2 is 1.92 bits per heavy atom. The van der Waals surface area contributed by atoms with Crippen LogP contribution in [0.2, 0.25) is 5.02 Å². The van der Waals surface area contributed by atoms with Crippen LogP contribution < -0.4 is 10.1 Å². The molecule has 1 heterocycles. The van der Waals surface area contributed by atoms with Crippen LogP contribution in [0.5, 0.6) is 5.75 Å². The van der Waals surface area contributed by atoms with Crippen LogP contribution in [0.3, 0.4) is 0 Å². The first-order chi connectivity index (χ1) is 11.7. The Balaban J connectivity index is 2.07. The first kappa shape index (κ1) is 17.7. The van der Waals surface area contributed by atoms with Gasteiger partial charge in [-0.2, -0.15) is 0 Å². The monoisotopic (exact) mass is 408 g/mol. The molecule has 0 spiro atoms. The van der Waals surface area contributed by atoms with Crippen molar-refractivity contribution in [3.63, 3.8) is 0 Å². The minimum absolute atomic E-state index is 0.148. The van der Waals surface area contributed by atoms with Gasteiger partial charge in [0.25, 0.3) is 0 Å². The Kier molecular flexibility index (Phi) is 6.17. The highest BCUT2D eigenvalue weighted by molar-refractivity contribution is 9.10. The largest absolute Gasteiger partial charge is 0.496 e. The number of hydrogen-bond acceptors (Lipinski definition) is 3. The molecule has 1 aliphatic rings. The predicted molar refractivity (Wildman–Crippen MR) is 103 cm³/mol. The van der Waals surface area contributed by atoms with Crippen LogP contribution in [0.25, 0.3) is 0 Å². The Hall–Kier alpha value is -1.07. The highest BCUT2D eigenvalue weighted by Crippen LogP contribution is 2.37. The van der Waals surface area contributed by atoms with Crippen LogP contribution in [0.15, 0.2) is 46.9 Å². The van der Waals surface area contributed by atoms with Gasteiger partial charge >= 0.3 is 0 Å². The molecule has 3 rings (SSSR count). The van der Waals surface area contributed by atoms with Crippen molar-refractivity contribution in [3.8, 4) is 5.75 Å². The van der Waals surface area contributed by atoms with Crippen LogP contribution in [0, 0.1) is 0 Å². The predicted octanol–water partition coefficient (Wildman–Crippen LogP) is 4.50. The molecule has 0 radical (unpaired) electrons. The molecule has 3 nitrogen and oxygen atoms in total. The van der Waals surface area contributed by atoms with Crippen molar-refractivity contribution in [3.05, 3.63) is 63.1 Å². The molecule has 0 aliphatic carbocycles. The summed E-state index contributed by atoms with van der Waals surface area (Å²) in [6.45, 7) is 4.12. The molecule has 1 atom stereocenters. The van der Waals surface area contributed by atoms with Crippen molar-refractivity contribution < 1.29 is 4.74 Å². The zero-order valence-corrected chi connectivity index (χ0v) is 16.1. The highest BCUT2D eigenvalue weighted by atomic mass is 79.9. The van der Waals surface area contributed by atoms with Gasteiger partial charge in [-0.25, -0.2) is 0 Å². The van der Waals surface area contributed by atoms with E-state index in [1.165, 1.54) is 11.1 Å². The number of hydrogen-bond donors (Lipinski definition) is 1. The molecule has 1 unspecified atom stereocenters. The second-order valence-corrected chi connectivity index (χ2v) is 7.33. The lowest BCUT2D eigenvalue weighted by atomic mass is 9.96. The molecule has 128 valence electrons. The summed E-state index contributed by atoms with van der Waals surface area (Å²) >= 11 is 9.71. The average Bonchev–Trinajstić information content (AvgIpc) is 2.86. The molecule has 0 amide bonds. The second kappa shape index (κ2) is 8.34. The van der Waals surface area contributed by atoms with Crippen LogP contribution >= 0.6 is 27.5 Å². The van der Waals surface area contributed by atoms with Crippen LogP contribution in [-0.2, 0) is 0 Å². The molecule has 1 fully saturated rings. The minimum Gasteiger partial charge on any atom is -0.496 e. The van der Waals surface area contributed by atoms with Gasteiger partial charge in [-0.05, 0) is 48.9 Å². The van der Waals surface area contributed by atoms with E-state index >= 15 is 0 Å². The lowest BCUT2D eigenvalue weighted by Gasteiger charge is -2.32. The third kappa shape index (κ3) is 4.12. The van der Waals surface area contributed by atoms with Gasteiger partial charge in [0.2, 0.25) is 0 Å². The Bertz CT molecular complexity index is 670. The van der Waals surface area contributed by atoms with E-state index in [9.17, 15) is 0 Å². The molecule has 5 heteroatoms. The molecule has 2 aromatic rings. The summed E-state index contributed by atoms with van der Waals surface area (Å²) < 4.78 is 6.72. The molecular weight excluding hydrogens is 388 g/mol.